The van der Waals surface area contributed by atoms with Gasteiger partial charge in [0.15, 0.2) is 0 Å². The molecule has 0 spiro atoms. The van der Waals surface area contributed by atoms with Gasteiger partial charge in [0.2, 0.25) is 15.9 Å². The van der Waals surface area contributed by atoms with Crippen molar-refractivity contribution in [2.75, 3.05) is 0 Å². The van der Waals surface area contributed by atoms with Crippen LogP contribution in [0.4, 0.5) is 0 Å². The van der Waals surface area contributed by atoms with Crippen molar-refractivity contribution < 1.29 is 13.2 Å². The first-order chi connectivity index (χ1) is 13.3. The molecule has 5 nitrogen and oxygen atoms in total. The minimum Gasteiger partial charge on any atom is -0.348 e. The molecule has 0 saturated heterocycles. The summed E-state index contributed by atoms with van der Waals surface area (Å²) in [4.78, 5) is 13.2. The molecule has 2 N–H and O–H groups in total. The molecule has 0 aromatic heterocycles. The van der Waals surface area contributed by atoms with Crippen molar-refractivity contribution in [2.45, 2.75) is 57.0 Å². The minimum atomic E-state index is -3.78. The maximum Gasteiger partial charge on any atom is 0.241 e. The smallest absolute Gasteiger partial charge is 0.241 e. The number of fused-ring (bicyclic) bond motifs is 1. The Balaban J connectivity index is 1.77. The SMILES string of the molecule is Cc1ccc(S(=O)(=O)N[C@@H](C(=O)N[C@@H]2CCCc3ccccc32)C(C)C)cc1. The summed E-state index contributed by atoms with van der Waals surface area (Å²) in [5.41, 5.74) is 3.36. The highest BCUT2D eigenvalue weighted by Gasteiger charge is 2.31. The van der Waals surface area contributed by atoms with E-state index in [0.717, 1.165) is 30.4 Å². The number of hydrogen-bond acceptors (Lipinski definition) is 3. The fourth-order valence-electron chi connectivity index (χ4n) is 3.61. The third-order valence-corrected chi connectivity index (χ3v) is 6.71. The summed E-state index contributed by atoms with van der Waals surface area (Å²) in [6, 6.07) is 13.8. The highest BCUT2D eigenvalue weighted by molar-refractivity contribution is 7.89. The van der Waals surface area contributed by atoms with Gasteiger partial charge >= 0.3 is 0 Å². The van der Waals surface area contributed by atoms with E-state index < -0.39 is 16.1 Å². The van der Waals surface area contributed by atoms with Crippen molar-refractivity contribution in [1.29, 1.82) is 0 Å². The lowest BCUT2D eigenvalue weighted by Crippen LogP contribution is -2.50. The van der Waals surface area contributed by atoms with Gasteiger partial charge in [0, 0.05) is 0 Å². The summed E-state index contributed by atoms with van der Waals surface area (Å²) in [5, 5.41) is 3.07. The Morgan fingerprint density at radius 3 is 2.43 bits per heavy atom. The monoisotopic (exact) mass is 400 g/mol. The predicted molar refractivity (Wildman–Crippen MR) is 110 cm³/mol. The Morgan fingerprint density at radius 2 is 1.75 bits per heavy atom. The summed E-state index contributed by atoms with van der Waals surface area (Å²) in [7, 11) is -3.78. The zero-order chi connectivity index (χ0) is 20.3. The van der Waals surface area contributed by atoms with Gasteiger partial charge in [-0.2, -0.15) is 4.72 Å². The lowest BCUT2D eigenvalue weighted by atomic mass is 9.87. The van der Waals surface area contributed by atoms with Gasteiger partial charge in [-0.1, -0.05) is 55.8 Å². The molecule has 2 aromatic rings. The van der Waals surface area contributed by atoms with Crippen LogP contribution in [0.1, 0.15) is 49.4 Å². The Morgan fingerprint density at radius 1 is 1.07 bits per heavy atom. The van der Waals surface area contributed by atoms with E-state index in [-0.39, 0.29) is 22.8 Å². The number of carbonyl (C=O) groups is 1. The molecule has 0 radical (unpaired) electrons. The van der Waals surface area contributed by atoms with E-state index in [0.29, 0.717) is 0 Å². The normalized spacial score (nSPS) is 17.8. The highest BCUT2D eigenvalue weighted by Crippen LogP contribution is 2.29. The predicted octanol–water partition coefficient (Wildman–Crippen LogP) is 3.49. The maximum atomic E-state index is 13.0. The molecular weight excluding hydrogens is 372 g/mol. The van der Waals surface area contributed by atoms with Crippen molar-refractivity contribution >= 4 is 15.9 Å². The van der Waals surface area contributed by atoms with Gasteiger partial charge in [-0.05, 0) is 55.4 Å². The largest absolute Gasteiger partial charge is 0.348 e. The maximum absolute atomic E-state index is 13.0. The highest BCUT2D eigenvalue weighted by atomic mass is 32.2. The molecule has 0 saturated carbocycles. The fraction of sp³-hybridized carbons (Fsp3) is 0.409. The lowest BCUT2D eigenvalue weighted by molar-refractivity contribution is -0.124. The Kier molecular flexibility index (Phi) is 6.20. The number of sulfonamides is 1. The number of benzene rings is 2. The zero-order valence-corrected chi connectivity index (χ0v) is 17.4. The van der Waals surface area contributed by atoms with Crippen LogP contribution in [-0.4, -0.2) is 20.4 Å². The van der Waals surface area contributed by atoms with Crippen molar-refractivity contribution in [2.24, 2.45) is 5.92 Å². The first-order valence-corrected chi connectivity index (χ1v) is 11.2. The van der Waals surface area contributed by atoms with E-state index in [1.165, 1.54) is 5.56 Å². The first kappa shape index (κ1) is 20.6. The molecule has 1 amide bonds. The van der Waals surface area contributed by atoms with Crippen molar-refractivity contribution in [3.8, 4) is 0 Å². The summed E-state index contributed by atoms with van der Waals surface area (Å²) >= 11 is 0. The quantitative estimate of drug-likeness (QED) is 0.779. The number of hydrogen-bond donors (Lipinski definition) is 2. The minimum absolute atomic E-state index is 0.0809. The van der Waals surface area contributed by atoms with Crippen LogP contribution in [0, 0.1) is 12.8 Å². The molecular formula is C22H28N2O3S. The van der Waals surface area contributed by atoms with Crippen LogP contribution in [0.15, 0.2) is 53.4 Å². The molecule has 0 unspecified atom stereocenters. The van der Waals surface area contributed by atoms with E-state index in [1.807, 2.05) is 39.0 Å². The molecule has 6 heteroatoms. The number of aryl methyl sites for hydroxylation is 2. The summed E-state index contributed by atoms with van der Waals surface area (Å²) < 4.78 is 28.1. The van der Waals surface area contributed by atoms with Gasteiger partial charge in [0.25, 0.3) is 0 Å². The molecule has 0 heterocycles. The van der Waals surface area contributed by atoms with Crippen LogP contribution >= 0.6 is 0 Å². The second-order valence-corrected chi connectivity index (χ2v) is 9.52. The van der Waals surface area contributed by atoms with Crippen LogP contribution in [-0.2, 0) is 21.2 Å². The number of rotatable bonds is 6. The molecule has 1 aliphatic rings. The second kappa shape index (κ2) is 8.45. The molecule has 0 aliphatic heterocycles. The average molecular weight is 401 g/mol. The van der Waals surface area contributed by atoms with E-state index in [9.17, 15) is 13.2 Å². The van der Waals surface area contributed by atoms with Gasteiger partial charge in [-0.25, -0.2) is 8.42 Å². The van der Waals surface area contributed by atoms with Crippen LogP contribution in [0.3, 0.4) is 0 Å². The third-order valence-electron chi connectivity index (χ3n) is 5.25. The van der Waals surface area contributed by atoms with E-state index in [1.54, 1.807) is 24.3 Å². The standard InChI is InChI=1S/C22H28N2O3S/c1-15(2)21(24-28(26,27)18-13-11-16(3)12-14-18)22(25)23-20-10-6-8-17-7-4-5-9-19(17)20/h4-5,7,9,11-15,20-21,24H,6,8,10H2,1-3H3,(H,23,25)/t20-,21-/m1/s1. The van der Waals surface area contributed by atoms with Crippen LogP contribution in [0.5, 0.6) is 0 Å². The summed E-state index contributed by atoms with van der Waals surface area (Å²) in [6.45, 7) is 5.59. The zero-order valence-electron chi connectivity index (χ0n) is 16.6. The fourth-order valence-corrected chi connectivity index (χ4v) is 4.95. The topological polar surface area (TPSA) is 75.3 Å². The molecule has 28 heavy (non-hydrogen) atoms. The number of amides is 1. The lowest BCUT2D eigenvalue weighted by Gasteiger charge is -2.29. The van der Waals surface area contributed by atoms with Gasteiger partial charge < -0.3 is 5.32 Å². The van der Waals surface area contributed by atoms with Crippen molar-refractivity contribution in [3.05, 3.63) is 65.2 Å². The molecule has 2 atom stereocenters. The van der Waals surface area contributed by atoms with Crippen LogP contribution < -0.4 is 10.0 Å². The van der Waals surface area contributed by atoms with E-state index in [4.69, 9.17) is 0 Å². The Hall–Kier alpha value is -2.18. The number of nitrogens with one attached hydrogen (secondary N) is 2. The van der Waals surface area contributed by atoms with E-state index in [2.05, 4.69) is 16.1 Å². The molecule has 3 rings (SSSR count). The molecule has 0 fully saturated rings. The van der Waals surface area contributed by atoms with Gasteiger partial charge in [0.05, 0.1) is 10.9 Å². The van der Waals surface area contributed by atoms with Gasteiger partial charge in [-0.3, -0.25) is 4.79 Å². The van der Waals surface area contributed by atoms with Gasteiger partial charge in [-0.15, -0.1) is 0 Å². The van der Waals surface area contributed by atoms with Gasteiger partial charge in [0.1, 0.15) is 6.04 Å². The molecule has 1 aliphatic carbocycles. The second-order valence-electron chi connectivity index (χ2n) is 7.81. The van der Waals surface area contributed by atoms with Crippen LogP contribution in [0.25, 0.3) is 0 Å². The first-order valence-electron chi connectivity index (χ1n) is 9.75. The summed E-state index contributed by atoms with van der Waals surface area (Å²) in [5.74, 6) is -0.466. The molecule has 2 aromatic carbocycles. The average Bonchev–Trinajstić information content (AvgIpc) is 2.66. The summed E-state index contributed by atoms with van der Waals surface area (Å²) in [6.07, 6.45) is 2.87. The van der Waals surface area contributed by atoms with Crippen molar-refractivity contribution in [1.82, 2.24) is 10.0 Å². The third kappa shape index (κ3) is 4.62. The number of carbonyl (C=O) groups excluding carboxylic acids is 1. The Bertz CT molecular complexity index is 937. The van der Waals surface area contributed by atoms with Crippen LogP contribution in [0.2, 0.25) is 0 Å². The molecule has 0 bridgehead atoms. The van der Waals surface area contributed by atoms with Crippen molar-refractivity contribution in [3.63, 3.8) is 0 Å². The Labute approximate surface area is 167 Å². The van der Waals surface area contributed by atoms with E-state index >= 15 is 0 Å². The molecule has 150 valence electrons.